The van der Waals surface area contributed by atoms with Crippen molar-refractivity contribution in [3.63, 3.8) is 0 Å². The Labute approximate surface area is 104 Å². The Hall–Kier alpha value is -0.260. The Balaban J connectivity index is 4.62. The zero-order valence-corrected chi connectivity index (χ0v) is 12.1. The minimum atomic E-state index is 0.466. The highest BCUT2D eigenvalue weighted by Gasteiger charge is 2.29. The van der Waals surface area contributed by atoms with E-state index in [-0.39, 0.29) is 0 Å². The van der Waals surface area contributed by atoms with Crippen molar-refractivity contribution in [2.24, 2.45) is 5.41 Å². The van der Waals surface area contributed by atoms with Crippen LogP contribution in [0.25, 0.3) is 0 Å². The third kappa shape index (κ3) is 4.72. The summed E-state index contributed by atoms with van der Waals surface area (Å²) < 4.78 is 0. The molecular formula is C16H32. The van der Waals surface area contributed by atoms with E-state index in [2.05, 4.69) is 34.3 Å². The van der Waals surface area contributed by atoms with Crippen molar-refractivity contribution in [1.82, 2.24) is 0 Å². The van der Waals surface area contributed by atoms with E-state index in [1.165, 1.54) is 57.8 Å². The van der Waals surface area contributed by atoms with E-state index in [9.17, 15) is 0 Å². The van der Waals surface area contributed by atoms with Crippen LogP contribution in [0.5, 0.6) is 0 Å². The topological polar surface area (TPSA) is 0 Å². The van der Waals surface area contributed by atoms with E-state index in [4.69, 9.17) is 0 Å². The first kappa shape index (κ1) is 15.7. The smallest absolute Gasteiger partial charge is 0.00911 e. The summed E-state index contributed by atoms with van der Waals surface area (Å²) in [5, 5.41) is 0. The van der Waals surface area contributed by atoms with Gasteiger partial charge in [-0.1, -0.05) is 65.5 Å². The van der Waals surface area contributed by atoms with Gasteiger partial charge < -0.3 is 0 Å². The molecule has 0 aliphatic heterocycles. The molecule has 0 saturated heterocycles. The molecule has 0 heteroatoms. The molecule has 0 rings (SSSR count). The highest BCUT2D eigenvalue weighted by Crippen LogP contribution is 2.43. The lowest BCUT2D eigenvalue weighted by Crippen LogP contribution is -2.23. The lowest BCUT2D eigenvalue weighted by Gasteiger charge is -2.36. The predicted octanol–water partition coefficient (Wildman–Crippen LogP) is 6.12. The second-order valence-electron chi connectivity index (χ2n) is 5.24. The zero-order chi connectivity index (χ0) is 12.4. The van der Waals surface area contributed by atoms with Crippen molar-refractivity contribution >= 4 is 0 Å². The van der Waals surface area contributed by atoms with Crippen molar-refractivity contribution in [2.45, 2.75) is 85.5 Å². The SMILES string of the molecule is C=C(CCCC)C(CCC)(CCC)CCC. The third-order valence-electron chi connectivity index (χ3n) is 3.77. The fraction of sp³-hybridized carbons (Fsp3) is 0.875. The molecule has 0 unspecified atom stereocenters. The molecule has 0 amide bonds. The molecule has 0 aliphatic carbocycles. The van der Waals surface area contributed by atoms with Gasteiger partial charge in [-0.15, -0.1) is 0 Å². The first-order valence-corrected chi connectivity index (χ1v) is 7.35. The number of unbranched alkanes of at least 4 members (excludes halogenated alkanes) is 1. The molecule has 0 spiro atoms. The van der Waals surface area contributed by atoms with Crippen molar-refractivity contribution in [3.8, 4) is 0 Å². The van der Waals surface area contributed by atoms with Gasteiger partial charge in [-0.3, -0.25) is 0 Å². The number of hydrogen-bond donors (Lipinski definition) is 0. The summed E-state index contributed by atoms with van der Waals surface area (Å²) in [6.45, 7) is 13.6. The molecule has 0 radical (unpaired) electrons. The molecule has 0 saturated carbocycles. The van der Waals surface area contributed by atoms with Crippen LogP contribution in [-0.2, 0) is 0 Å². The molecule has 0 heterocycles. The van der Waals surface area contributed by atoms with Crippen LogP contribution in [0.15, 0.2) is 12.2 Å². The monoisotopic (exact) mass is 224 g/mol. The largest absolute Gasteiger partial charge is 0.0993 e. The standard InChI is InChI=1S/C16H32/c1-6-10-11-15(5)16(12-7-2,13-8-3)14-9-4/h5-14H2,1-4H3. The highest BCUT2D eigenvalue weighted by molar-refractivity contribution is 5.10. The average molecular weight is 224 g/mol. The molecule has 0 atom stereocenters. The second-order valence-corrected chi connectivity index (χ2v) is 5.24. The van der Waals surface area contributed by atoms with Gasteiger partial charge in [0.1, 0.15) is 0 Å². The summed E-state index contributed by atoms with van der Waals surface area (Å²) >= 11 is 0. The first-order valence-electron chi connectivity index (χ1n) is 7.35. The van der Waals surface area contributed by atoms with Crippen LogP contribution >= 0.6 is 0 Å². The third-order valence-corrected chi connectivity index (χ3v) is 3.77. The number of allylic oxidation sites excluding steroid dienone is 1. The van der Waals surface area contributed by atoms with Crippen molar-refractivity contribution in [2.75, 3.05) is 0 Å². The molecule has 96 valence electrons. The average Bonchev–Trinajstić information content (AvgIpc) is 2.26. The van der Waals surface area contributed by atoms with Crippen LogP contribution in [-0.4, -0.2) is 0 Å². The summed E-state index contributed by atoms with van der Waals surface area (Å²) in [7, 11) is 0. The quantitative estimate of drug-likeness (QED) is 0.392. The van der Waals surface area contributed by atoms with E-state index in [1.807, 2.05) is 0 Å². The Morgan fingerprint density at radius 3 is 1.56 bits per heavy atom. The maximum absolute atomic E-state index is 4.42. The van der Waals surface area contributed by atoms with Crippen LogP contribution in [0, 0.1) is 5.41 Å². The van der Waals surface area contributed by atoms with Crippen LogP contribution in [0.4, 0.5) is 0 Å². The molecule has 0 aromatic carbocycles. The van der Waals surface area contributed by atoms with Gasteiger partial charge in [0, 0.05) is 0 Å². The van der Waals surface area contributed by atoms with Crippen LogP contribution in [0.1, 0.15) is 85.5 Å². The van der Waals surface area contributed by atoms with Crippen molar-refractivity contribution in [1.29, 1.82) is 0 Å². The molecule has 0 aromatic rings. The molecule has 16 heavy (non-hydrogen) atoms. The van der Waals surface area contributed by atoms with Crippen LogP contribution in [0.3, 0.4) is 0 Å². The fourth-order valence-electron chi connectivity index (χ4n) is 3.00. The summed E-state index contributed by atoms with van der Waals surface area (Å²) in [4.78, 5) is 0. The minimum absolute atomic E-state index is 0.466. The van der Waals surface area contributed by atoms with E-state index in [0.29, 0.717) is 5.41 Å². The highest BCUT2D eigenvalue weighted by atomic mass is 14.3. The van der Waals surface area contributed by atoms with Gasteiger partial charge in [0.2, 0.25) is 0 Å². The minimum Gasteiger partial charge on any atom is -0.0993 e. The Kier molecular flexibility index (Phi) is 8.70. The maximum Gasteiger partial charge on any atom is -0.00911 e. The van der Waals surface area contributed by atoms with Crippen LogP contribution in [0.2, 0.25) is 0 Å². The van der Waals surface area contributed by atoms with Gasteiger partial charge in [-0.2, -0.15) is 0 Å². The van der Waals surface area contributed by atoms with Gasteiger partial charge in [0.15, 0.2) is 0 Å². The zero-order valence-electron chi connectivity index (χ0n) is 12.1. The molecule has 0 aliphatic rings. The number of hydrogen-bond acceptors (Lipinski definition) is 0. The maximum atomic E-state index is 4.42. The van der Waals surface area contributed by atoms with Crippen molar-refractivity contribution < 1.29 is 0 Å². The molecule has 0 N–H and O–H groups in total. The molecular weight excluding hydrogens is 192 g/mol. The second kappa shape index (κ2) is 8.84. The summed E-state index contributed by atoms with van der Waals surface area (Å²) in [5.74, 6) is 0. The first-order chi connectivity index (χ1) is 7.66. The van der Waals surface area contributed by atoms with Gasteiger partial charge in [0.05, 0.1) is 0 Å². The molecule has 0 nitrogen and oxygen atoms in total. The van der Waals surface area contributed by atoms with Gasteiger partial charge in [-0.25, -0.2) is 0 Å². The van der Waals surface area contributed by atoms with E-state index in [0.717, 1.165) is 0 Å². The van der Waals surface area contributed by atoms with Crippen molar-refractivity contribution in [3.05, 3.63) is 12.2 Å². The van der Waals surface area contributed by atoms with E-state index in [1.54, 1.807) is 5.57 Å². The van der Waals surface area contributed by atoms with Gasteiger partial charge in [-0.05, 0) is 37.5 Å². The Bertz CT molecular complexity index is 161. The van der Waals surface area contributed by atoms with E-state index >= 15 is 0 Å². The molecule has 0 aromatic heterocycles. The summed E-state index contributed by atoms with van der Waals surface area (Å²) in [6.07, 6.45) is 11.8. The molecule has 0 bridgehead atoms. The fourth-order valence-corrected chi connectivity index (χ4v) is 3.00. The summed E-state index contributed by atoms with van der Waals surface area (Å²) in [5.41, 5.74) is 2.01. The lowest BCUT2D eigenvalue weighted by molar-refractivity contribution is 0.259. The van der Waals surface area contributed by atoms with Gasteiger partial charge >= 0.3 is 0 Å². The number of rotatable bonds is 10. The normalized spacial score (nSPS) is 11.8. The van der Waals surface area contributed by atoms with Gasteiger partial charge in [0.25, 0.3) is 0 Å². The Morgan fingerprint density at radius 1 is 0.812 bits per heavy atom. The van der Waals surface area contributed by atoms with E-state index < -0.39 is 0 Å². The Morgan fingerprint density at radius 2 is 1.25 bits per heavy atom. The predicted molar refractivity (Wildman–Crippen MR) is 75.8 cm³/mol. The molecule has 0 fully saturated rings. The summed E-state index contributed by atoms with van der Waals surface area (Å²) in [6, 6.07) is 0. The lowest BCUT2D eigenvalue weighted by atomic mass is 9.69. The van der Waals surface area contributed by atoms with Crippen LogP contribution < -0.4 is 0 Å².